The van der Waals surface area contributed by atoms with Gasteiger partial charge in [0.2, 0.25) is 23.6 Å². The van der Waals surface area contributed by atoms with Crippen LogP contribution in [0, 0.1) is 5.92 Å². The molecule has 0 bridgehead atoms. The van der Waals surface area contributed by atoms with Crippen LogP contribution in [0.15, 0.2) is 24.3 Å². The predicted octanol–water partition coefficient (Wildman–Crippen LogP) is 1.50. The molecule has 0 radical (unpaired) electrons. The summed E-state index contributed by atoms with van der Waals surface area (Å²) in [5, 5.41) is 17.9. The van der Waals surface area contributed by atoms with Gasteiger partial charge in [-0.05, 0) is 62.6 Å². The molecule has 2 fully saturated rings. The molecule has 1 aromatic rings. The van der Waals surface area contributed by atoms with Crippen LogP contribution in [0.2, 0.25) is 0 Å². The van der Waals surface area contributed by atoms with E-state index < -0.39 is 24.0 Å². The van der Waals surface area contributed by atoms with Gasteiger partial charge in [-0.3, -0.25) is 19.2 Å². The second-order valence-corrected chi connectivity index (χ2v) is 12.5. The lowest BCUT2D eigenvalue weighted by Gasteiger charge is -2.38. The maximum Gasteiger partial charge on any atom is 0.246 e. The van der Waals surface area contributed by atoms with Crippen LogP contribution < -0.4 is 20.7 Å². The number of hydrogen-bond donors (Lipinski definition) is 4. The Kier molecular flexibility index (Phi) is 12.6. The Morgan fingerprint density at radius 1 is 1.05 bits per heavy atom. The Labute approximate surface area is 249 Å². The van der Waals surface area contributed by atoms with E-state index in [0.717, 1.165) is 42.3 Å². The van der Waals surface area contributed by atoms with E-state index in [0.29, 0.717) is 38.1 Å². The zero-order valence-electron chi connectivity index (χ0n) is 25.7. The van der Waals surface area contributed by atoms with Crippen molar-refractivity contribution in [3.8, 4) is 5.75 Å². The van der Waals surface area contributed by atoms with Crippen LogP contribution in [0.25, 0.3) is 0 Å². The molecule has 2 aliphatic rings. The summed E-state index contributed by atoms with van der Waals surface area (Å²) < 4.78 is 6.56. The first-order chi connectivity index (χ1) is 20.0. The molecule has 11 heteroatoms. The van der Waals surface area contributed by atoms with Crippen LogP contribution in [0.1, 0.15) is 69.9 Å². The zero-order chi connectivity index (χ0) is 30.7. The molecule has 0 aromatic heterocycles. The van der Waals surface area contributed by atoms with Crippen LogP contribution in [0.4, 0.5) is 0 Å². The fraction of sp³-hybridized carbons (Fsp3) is 0.677. The largest absolute Gasteiger partial charge is 0.491 e. The number of rotatable bonds is 17. The van der Waals surface area contributed by atoms with Gasteiger partial charge in [0.05, 0.1) is 46.3 Å². The van der Waals surface area contributed by atoms with Crippen molar-refractivity contribution in [1.29, 1.82) is 0 Å². The number of ether oxygens (including phenoxy) is 1. The highest BCUT2D eigenvalue weighted by atomic mass is 16.5. The van der Waals surface area contributed by atoms with Crippen LogP contribution >= 0.6 is 0 Å². The summed E-state index contributed by atoms with van der Waals surface area (Å²) in [5.74, 6) is -0.759. The second-order valence-electron chi connectivity index (χ2n) is 12.5. The molecule has 4 N–H and O–H groups in total. The third-order valence-electron chi connectivity index (χ3n) is 7.91. The minimum absolute atomic E-state index is 0.103. The molecular formula is C31H50N5O6+. The van der Waals surface area contributed by atoms with Gasteiger partial charge in [0.15, 0.2) is 0 Å². The number of quaternary nitrogens is 1. The van der Waals surface area contributed by atoms with Crippen LogP contribution in [-0.4, -0.2) is 104 Å². The topological polar surface area (TPSA) is 137 Å². The SMILES string of the molecule is CC(=O)NCCCC[C@@H]1NC(=O)[C@H]2C[C@@H](C(=O)NCCCCCC[N+](C)(C)C)[C@@H](c3cccc(OCCO)c3)N2C1=O. The standard InChI is InChI=1S/C31H49N5O6/c1-22(38)32-15-9-7-14-26-31(41)35-27(30(40)34-26)21-25(28(35)23-12-11-13-24(20-23)42-19-18-37)29(39)33-16-8-5-6-10-17-36(2,3)4/h11-13,20,25-28,37H,5-10,14-19,21H2,1-4H3,(H2-,32,33,34,38,39,40)/p+1/t25-,26+,27-,28-/m1/s1. The molecule has 3 rings (SSSR count). The van der Waals surface area contributed by atoms with Gasteiger partial charge >= 0.3 is 0 Å². The van der Waals surface area contributed by atoms with E-state index in [1.807, 2.05) is 6.07 Å². The third-order valence-corrected chi connectivity index (χ3v) is 7.91. The van der Waals surface area contributed by atoms with Gasteiger partial charge in [-0.25, -0.2) is 0 Å². The number of amides is 4. The van der Waals surface area contributed by atoms with Crippen molar-refractivity contribution >= 4 is 23.6 Å². The first kappa shape index (κ1) is 33.3. The van der Waals surface area contributed by atoms with E-state index >= 15 is 0 Å². The third kappa shape index (κ3) is 9.69. The molecule has 0 saturated carbocycles. The van der Waals surface area contributed by atoms with Crippen LogP contribution in [0.3, 0.4) is 0 Å². The lowest BCUT2D eigenvalue weighted by Crippen LogP contribution is -2.61. The minimum Gasteiger partial charge on any atom is -0.491 e. The van der Waals surface area contributed by atoms with E-state index in [1.54, 1.807) is 23.1 Å². The quantitative estimate of drug-likeness (QED) is 0.161. The van der Waals surface area contributed by atoms with Gasteiger partial charge in [0.25, 0.3) is 0 Å². The Hall–Kier alpha value is -3.18. The minimum atomic E-state index is -0.730. The monoisotopic (exact) mass is 588 g/mol. The van der Waals surface area contributed by atoms with Crippen molar-refractivity contribution < 1.29 is 33.5 Å². The van der Waals surface area contributed by atoms with Crippen LogP contribution in [-0.2, 0) is 19.2 Å². The molecule has 0 aliphatic carbocycles. The van der Waals surface area contributed by atoms with Gasteiger partial charge in [0, 0.05) is 20.0 Å². The first-order valence-electron chi connectivity index (χ1n) is 15.3. The van der Waals surface area contributed by atoms with Crippen LogP contribution in [0.5, 0.6) is 5.75 Å². The van der Waals surface area contributed by atoms with Gasteiger partial charge < -0.3 is 35.2 Å². The second kappa shape index (κ2) is 15.9. The maximum atomic E-state index is 13.8. The average molecular weight is 589 g/mol. The maximum absolute atomic E-state index is 13.8. The fourth-order valence-electron chi connectivity index (χ4n) is 5.84. The molecule has 2 aliphatic heterocycles. The van der Waals surface area contributed by atoms with Crippen molar-refractivity contribution in [3.63, 3.8) is 0 Å². The van der Waals surface area contributed by atoms with Gasteiger partial charge in [0.1, 0.15) is 24.4 Å². The van der Waals surface area contributed by atoms with Crippen molar-refractivity contribution in [2.75, 3.05) is 54.0 Å². The molecular weight excluding hydrogens is 538 g/mol. The van der Waals surface area contributed by atoms with Gasteiger partial charge in [-0.2, -0.15) is 0 Å². The fourth-order valence-corrected chi connectivity index (χ4v) is 5.84. The molecule has 1 aromatic carbocycles. The molecule has 0 spiro atoms. The first-order valence-corrected chi connectivity index (χ1v) is 15.3. The lowest BCUT2D eigenvalue weighted by molar-refractivity contribution is -0.870. The summed E-state index contributed by atoms with van der Waals surface area (Å²) in [6.45, 7) is 3.63. The normalized spacial score (nSPS) is 22.0. The highest BCUT2D eigenvalue weighted by molar-refractivity contribution is 5.99. The van der Waals surface area contributed by atoms with E-state index in [1.165, 1.54) is 6.92 Å². The molecule has 42 heavy (non-hydrogen) atoms. The van der Waals surface area contributed by atoms with E-state index in [4.69, 9.17) is 4.74 Å². The lowest BCUT2D eigenvalue weighted by atomic mass is 9.92. The number of hydrogen-bond acceptors (Lipinski definition) is 6. The Bertz CT molecular complexity index is 1070. The number of benzene rings is 1. The molecule has 2 heterocycles. The zero-order valence-corrected chi connectivity index (χ0v) is 25.7. The summed E-state index contributed by atoms with van der Waals surface area (Å²) in [6.07, 6.45) is 6.18. The summed E-state index contributed by atoms with van der Waals surface area (Å²) in [4.78, 5) is 53.4. The summed E-state index contributed by atoms with van der Waals surface area (Å²) in [6, 6.07) is 5.19. The highest BCUT2D eigenvalue weighted by Crippen LogP contribution is 2.44. The van der Waals surface area contributed by atoms with Crippen molar-refractivity contribution in [1.82, 2.24) is 20.9 Å². The number of piperazine rings is 1. The number of aliphatic hydroxyl groups is 1. The van der Waals surface area contributed by atoms with E-state index in [2.05, 4.69) is 37.1 Å². The predicted molar refractivity (Wildman–Crippen MR) is 159 cm³/mol. The van der Waals surface area contributed by atoms with E-state index in [9.17, 15) is 24.3 Å². The highest BCUT2D eigenvalue weighted by Gasteiger charge is 2.54. The van der Waals surface area contributed by atoms with Crippen molar-refractivity contribution in [2.24, 2.45) is 5.92 Å². The van der Waals surface area contributed by atoms with E-state index in [-0.39, 0.29) is 43.3 Å². The van der Waals surface area contributed by atoms with Gasteiger partial charge in [-0.15, -0.1) is 0 Å². The number of aliphatic hydroxyl groups excluding tert-OH is 1. The molecule has 0 unspecified atom stereocenters. The summed E-state index contributed by atoms with van der Waals surface area (Å²) >= 11 is 0. The Morgan fingerprint density at radius 2 is 1.76 bits per heavy atom. The molecule has 11 nitrogen and oxygen atoms in total. The summed E-state index contributed by atoms with van der Waals surface area (Å²) in [5.41, 5.74) is 0.723. The molecule has 4 amide bonds. The average Bonchev–Trinajstić information content (AvgIpc) is 3.35. The number of carbonyl (C=O) groups is 4. The smallest absolute Gasteiger partial charge is 0.246 e. The number of carbonyl (C=O) groups excluding carboxylic acids is 4. The summed E-state index contributed by atoms with van der Waals surface area (Å²) in [7, 11) is 6.55. The Morgan fingerprint density at radius 3 is 2.48 bits per heavy atom. The van der Waals surface area contributed by atoms with Gasteiger partial charge in [-0.1, -0.05) is 18.6 Å². The van der Waals surface area contributed by atoms with Crippen molar-refractivity contribution in [2.45, 2.75) is 76.4 Å². The number of nitrogens with zero attached hydrogens (tertiary/aromatic N) is 2. The van der Waals surface area contributed by atoms with Crippen molar-refractivity contribution in [3.05, 3.63) is 29.8 Å². The molecule has 234 valence electrons. The number of nitrogens with one attached hydrogen (secondary N) is 3. The molecule has 4 atom stereocenters. The molecule has 2 saturated heterocycles. The number of unbranched alkanes of at least 4 members (excludes halogenated alkanes) is 4. The number of fused-ring (bicyclic) bond motifs is 1. The Balaban J connectivity index is 1.71.